The molecule has 2 aliphatic rings. The molecule has 49 heavy (non-hydrogen) atoms. The van der Waals surface area contributed by atoms with E-state index in [0.717, 1.165) is 47.6 Å². The lowest BCUT2D eigenvalue weighted by Crippen LogP contribution is -2.45. The molecule has 258 valence electrons. The van der Waals surface area contributed by atoms with Gasteiger partial charge in [-0.25, -0.2) is 23.1 Å². The third-order valence-corrected chi connectivity index (χ3v) is 10.6. The summed E-state index contributed by atoms with van der Waals surface area (Å²) in [6.45, 7) is 13.7. The van der Waals surface area contributed by atoms with Crippen LogP contribution in [-0.2, 0) is 16.6 Å². The molecule has 0 saturated heterocycles. The van der Waals surface area contributed by atoms with E-state index in [4.69, 9.17) is 9.72 Å². The lowest BCUT2D eigenvalue weighted by molar-refractivity contribution is 0.0509. The number of ether oxygens (including phenoxy) is 1. The summed E-state index contributed by atoms with van der Waals surface area (Å²) in [6, 6.07) is 19.9. The lowest BCUT2D eigenvalue weighted by Gasteiger charge is -2.38. The number of nitrogens with one attached hydrogen (secondary N) is 1. The van der Waals surface area contributed by atoms with Crippen molar-refractivity contribution in [3.63, 3.8) is 0 Å². The SMILES string of the molecule is CCN(c1cccc(CN2C(=O)c3cccc(c3)S(=O)(=O)Nc3nc(cc(-c4c(C)cccc4C)n3)OC[C@H]2CC(C)(C)C)n1)C1CCC1. The molecule has 4 aromatic rings. The molecule has 2 aromatic carbocycles. The van der Waals surface area contributed by atoms with Crippen molar-refractivity contribution in [2.75, 3.05) is 22.8 Å². The molecular weight excluding hydrogens is 637 g/mol. The van der Waals surface area contributed by atoms with Crippen molar-refractivity contribution in [1.29, 1.82) is 0 Å². The highest BCUT2D eigenvalue weighted by atomic mass is 32.2. The first-order valence-corrected chi connectivity index (χ1v) is 18.5. The number of carbonyl (C=O) groups is 1. The predicted molar refractivity (Wildman–Crippen MR) is 192 cm³/mol. The van der Waals surface area contributed by atoms with E-state index in [-0.39, 0.29) is 46.8 Å². The van der Waals surface area contributed by atoms with Crippen molar-refractivity contribution in [3.05, 3.63) is 89.1 Å². The van der Waals surface area contributed by atoms with Crippen LogP contribution in [-0.4, -0.2) is 59.4 Å². The maximum atomic E-state index is 14.6. The van der Waals surface area contributed by atoms with Gasteiger partial charge in [-0.1, -0.05) is 51.1 Å². The smallest absolute Gasteiger partial charge is 0.264 e. The first-order valence-electron chi connectivity index (χ1n) is 17.1. The van der Waals surface area contributed by atoms with Gasteiger partial charge in [0.2, 0.25) is 11.8 Å². The second kappa shape index (κ2) is 13.8. The number of benzene rings is 2. The maximum Gasteiger partial charge on any atom is 0.264 e. The van der Waals surface area contributed by atoms with Gasteiger partial charge in [0.05, 0.1) is 28.9 Å². The van der Waals surface area contributed by atoms with Crippen molar-refractivity contribution in [2.24, 2.45) is 5.41 Å². The zero-order valence-corrected chi connectivity index (χ0v) is 30.0. The summed E-state index contributed by atoms with van der Waals surface area (Å²) in [5, 5.41) is 0. The van der Waals surface area contributed by atoms with Crippen molar-refractivity contribution < 1.29 is 17.9 Å². The number of hydrogen-bond donors (Lipinski definition) is 1. The summed E-state index contributed by atoms with van der Waals surface area (Å²) < 4.78 is 36.4. The highest BCUT2D eigenvalue weighted by Crippen LogP contribution is 2.33. The summed E-state index contributed by atoms with van der Waals surface area (Å²) in [7, 11) is -4.16. The fourth-order valence-electron chi connectivity index (χ4n) is 6.74. The van der Waals surface area contributed by atoms with Gasteiger partial charge in [-0.2, -0.15) is 4.98 Å². The van der Waals surface area contributed by atoms with Gasteiger partial charge < -0.3 is 14.5 Å². The van der Waals surface area contributed by atoms with Crippen LogP contribution < -0.4 is 14.4 Å². The molecule has 11 heteroatoms. The average molecular weight is 683 g/mol. The number of aryl methyl sites for hydroxylation is 2. The van der Waals surface area contributed by atoms with E-state index in [1.807, 2.05) is 50.2 Å². The van der Waals surface area contributed by atoms with Crippen LogP contribution in [0.25, 0.3) is 11.3 Å². The third kappa shape index (κ3) is 7.72. The minimum atomic E-state index is -4.16. The van der Waals surface area contributed by atoms with E-state index >= 15 is 0 Å². The zero-order valence-electron chi connectivity index (χ0n) is 29.2. The number of pyridine rings is 1. The second-order valence-electron chi connectivity index (χ2n) is 14.3. The molecule has 1 amide bonds. The Morgan fingerprint density at radius 2 is 1.67 bits per heavy atom. The number of anilines is 2. The molecule has 1 atom stereocenters. The first kappa shape index (κ1) is 34.4. The summed E-state index contributed by atoms with van der Waals surface area (Å²) in [6.07, 6.45) is 4.14. The average Bonchev–Trinajstić information content (AvgIpc) is 3.02. The van der Waals surface area contributed by atoms with E-state index in [0.29, 0.717) is 18.2 Å². The van der Waals surface area contributed by atoms with Crippen LogP contribution >= 0.6 is 0 Å². The van der Waals surface area contributed by atoms with Crippen LogP contribution in [0.2, 0.25) is 0 Å². The molecule has 3 heterocycles. The third-order valence-electron chi connectivity index (χ3n) is 9.30. The van der Waals surface area contributed by atoms with Gasteiger partial charge in [0.1, 0.15) is 12.4 Å². The lowest BCUT2D eigenvalue weighted by atomic mass is 9.87. The topological polar surface area (TPSA) is 118 Å². The molecule has 0 spiro atoms. The van der Waals surface area contributed by atoms with Gasteiger partial charge in [-0.05, 0) is 93.3 Å². The van der Waals surface area contributed by atoms with E-state index in [1.54, 1.807) is 23.1 Å². The van der Waals surface area contributed by atoms with Crippen molar-refractivity contribution >= 4 is 27.7 Å². The van der Waals surface area contributed by atoms with E-state index in [9.17, 15) is 13.2 Å². The van der Waals surface area contributed by atoms with E-state index < -0.39 is 16.1 Å². The molecule has 4 bridgehead atoms. The Bertz CT molecular complexity index is 1930. The molecule has 1 fully saturated rings. The van der Waals surface area contributed by atoms with Crippen LogP contribution in [0.3, 0.4) is 0 Å². The highest BCUT2D eigenvalue weighted by Gasteiger charge is 2.32. The molecule has 1 aliphatic heterocycles. The minimum Gasteiger partial charge on any atom is -0.475 e. The Morgan fingerprint density at radius 1 is 0.959 bits per heavy atom. The quantitative estimate of drug-likeness (QED) is 0.218. The number of rotatable bonds is 7. The van der Waals surface area contributed by atoms with Gasteiger partial charge in [0.25, 0.3) is 15.9 Å². The van der Waals surface area contributed by atoms with E-state index in [1.165, 1.54) is 18.6 Å². The zero-order chi connectivity index (χ0) is 34.9. The van der Waals surface area contributed by atoms with Crippen LogP contribution in [0.5, 0.6) is 5.88 Å². The Hall–Kier alpha value is -4.51. The fraction of sp³-hybridized carbons (Fsp3) is 0.421. The fourth-order valence-corrected chi connectivity index (χ4v) is 7.73. The highest BCUT2D eigenvalue weighted by molar-refractivity contribution is 7.92. The van der Waals surface area contributed by atoms with Gasteiger partial charge in [-0.15, -0.1) is 0 Å². The van der Waals surface area contributed by atoms with Crippen LogP contribution in [0, 0.1) is 19.3 Å². The predicted octanol–water partition coefficient (Wildman–Crippen LogP) is 7.17. The molecule has 0 radical (unpaired) electrons. The molecule has 6 rings (SSSR count). The largest absolute Gasteiger partial charge is 0.475 e. The minimum absolute atomic E-state index is 0.0623. The van der Waals surface area contributed by atoms with Crippen molar-refractivity contribution in [3.8, 4) is 17.1 Å². The molecule has 1 saturated carbocycles. The second-order valence-corrected chi connectivity index (χ2v) is 16.0. The Balaban J connectivity index is 1.46. The number of carbonyl (C=O) groups excluding carboxylic acids is 1. The molecular formula is C38H46N6O4S. The van der Waals surface area contributed by atoms with Gasteiger partial charge in [0.15, 0.2) is 0 Å². The number of amides is 1. The van der Waals surface area contributed by atoms with Crippen LogP contribution in [0.4, 0.5) is 11.8 Å². The first-order chi connectivity index (χ1) is 23.3. The Kier molecular flexibility index (Phi) is 9.66. The number of aromatic nitrogens is 3. The van der Waals surface area contributed by atoms with Gasteiger partial charge in [-0.3, -0.25) is 4.79 Å². The van der Waals surface area contributed by atoms with Crippen molar-refractivity contribution in [2.45, 2.75) is 90.7 Å². The maximum absolute atomic E-state index is 14.6. The van der Waals surface area contributed by atoms with E-state index in [2.05, 4.69) is 47.3 Å². The summed E-state index contributed by atoms with van der Waals surface area (Å²) >= 11 is 0. The number of sulfonamides is 1. The number of fused-ring (bicyclic) bond motifs is 4. The van der Waals surface area contributed by atoms with Gasteiger partial charge >= 0.3 is 0 Å². The number of hydrogen-bond acceptors (Lipinski definition) is 8. The molecule has 10 nitrogen and oxygen atoms in total. The monoisotopic (exact) mass is 682 g/mol. The van der Waals surface area contributed by atoms with Gasteiger partial charge in [0, 0.05) is 29.8 Å². The Morgan fingerprint density at radius 3 is 2.35 bits per heavy atom. The molecule has 2 aromatic heterocycles. The Labute approximate surface area is 290 Å². The molecule has 1 aliphatic carbocycles. The molecule has 0 unspecified atom stereocenters. The summed E-state index contributed by atoms with van der Waals surface area (Å²) in [5.74, 6) is 0.699. The normalized spacial score (nSPS) is 17.9. The summed E-state index contributed by atoms with van der Waals surface area (Å²) in [5.41, 5.74) is 4.21. The summed E-state index contributed by atoms with van der Waals surface area (Å²) in [4.78, 5) is 32.8. The standard InChI is InChI=1S/C38H46N6O4S/c1-7-43(29-16-11-17-29)33-19-10-15-28(39-33)23-44-30(22-38(4,5)6)24-48-34-21-32(35-25(2)12-8-13-26(35)3)40-37(41-34)42-49(46,47)31-18-9-14-27(20-31)36(44)45/h8-10,12-15,18-21,29-30H,7,11,16-17,22-24H2,1-6H3,(H,40,41,42)/t30-/m1/s1. The number of nitrogens with zero attached hydrogens (tertiary/aromatic N) is 5. The van der Waals surface area contributed by atoms with Crippen LogP contribution in [0.1, 0.15) is 80.6 Å². The van der Waals surface area contributed by atoms with Crippen molar-refractivity contribution in [1.82, 2.24) is 19.9 Å². The molecule has 1 N–H and O–H groups in total. The van der Waals surface area contributed by atoms with Crippen LogP contribution in [0.15, 0.2) is 71.6 Å².